The van der Waals surface area contributed by atoms with E-state index < -0.39 is 5.91 Å². The van der Waals surface area contributed by atoms with Gasteiger partial charge in [-0.15, -0.1) is 0 Å². The first-order valence-corrected chi connectivity index (χ1v) is 10.2. The Bertz CT molecular complexity index is 1030. The van der Waals surface area contributed by atoms with Crippen molar-refractivity contribution in [1.29, 1.82) is 5.41 Å². The second kappa shape index (κ2) is 8.04. The number of aliphatic imine (C=N–C) groups is 1. The summed E-state index contributed by atoms with van der Waals surface area (Å²) in [6.07, 6.45) is 1.65. The van der Waals surface area contributed by atoms with Crippen LogP contribution in [0.15, 0.2) is 69.6 Å². The van der Waals surface area contributed by atoms with Crippen molar-refractivity contribution in [2.75, 3.05) is 7.11 Å². The Morgan fingerprint density at radius 1 is 1.18 bits per heavy atom. The highest BCUT2D eigenvalue weighted by molar-refractivity contribution is 8.18. The van der Waals surface area contributed by atoms with Gasteiger partial charge in [-0.25, -0.2) is 4.90 Å². The number of hydrogen-bond donors (Lipinski definition) is 1. The largest absolute Gasteiger partial charge is 0.496 e. The summed E-state index contributed by atoms with van der Waals surface area (Å²) in [6, 6.07) is 17.4. The number of thioether (sulfide) groups is 1. The molecule has 1 N–H and O–H groups in total. The highest BCUT2D eigenvalue weighted by atomic mass is 32.2. The lowest BCUT2D eigenvalue weighted by Gasteiger charge is -2.24. The number of fused-ring (bicyclic) bond motifs is 1. The molecule has 0 spiro atoms. The van der Waals surface area contributed by atoms with Crippen LogP contribution in [0.2, 0.25) is 0 Å². The van der Waals surface area contributed by atoms with Gasteiger partial charge in [-0.05, 0) is 17.7 Å². The zero-order valence-electron chi connectivity index (χ0n) is 15.0. The fraction of sp³-hybridized carbons (Fsp3) is 0.100. The molecule has 0 aromatic heterocycles. The van der Waals surface area contributed by atoms with Crippen LogP contribution in [0.1, 0.15) is 11.1 Å². The summed E-state index contributed by atoms with van der Waals surface area (Å²) < 4.78 is 9.75. The van der Waals surface area contributed by atoms with Gasteiger partial charge in [-0.2, -0.15) is 9.39 Å². The van der Waals surface area contributed by atoms with Crippen molar-refractivity contribution in [3.63, 3.8) is 0 Å². The summed E-state index contributed by atoms with van der Waals surface area (Å²) >= 11 is 2.64. The Morgan fingerprint density at radius 3 is 2.71 bits per heavy atom. The van der Waals surface area contributed by atoms with Crippen LogP contribution in [0.25, 0.3) is 6.08 Å². The zero-order chi connectivity index (χ0) is 19.5. The predicted octanol–water partition coefficient (Wildman–Crippen LogP) is 4.21. The second-order valence-corrected chi connectivity index (χ2v) is 7.60. The first-order chi connectivity index (χ1) is 13.7. The lowest BCUT2D eigenvalue weighted by atomic mass is 10.1. The molecule has 0 radical (unpaired) electrons. The fourth-order valence-electron chi connectivity index (χ4n) is 2.76. The van der Waals surface area contributed by atoms with Crippen LogP contribution >= 0.6 is 23.7 Å². The van der Waals surface area contributed by atoms with Gasteiger partial charge in [0.05, 0.1) is 24.6 Å². The first kappa shape index (κ1) is 18.5. The highest BCUT2D eigenvalue weighted by Gasteiger charge is 2.37. The maximum absolute atomic E-state index is 12.5. The van der Waals surface area contributed by atoms with E-state index in [9.17, 15) is 4.79 Å². The monoisotopic (exact) mass is 408 g/mol. The van der Waals surface area contributed by atoms with Crippen molar-refractivity contribution in [3.8, 4) is 5.75 Å². The fourth-order valence-corrected chi connectivity index (χ4v) is 4.56. The minimum absolute atomic E-state index is 0.0743. The van der Waals surface area contributed by atoms with E-state index in [1.165, 1.54) is 11.8 Å². The predicted molar refractivity (Wildman–Crippen MR) is 116 cm³/mol. The third-order valence-electron chi connectivity index (χ3n) is 4.14. The van der Waals surface area contributed by atoms with E-state index in [0.29, 0.717) is 16.1 Å². The molecule has 0 fully saturated rings. The van der Waals surface area contributed by atoms with Crippen LogP contribution in [0.5, 0.6) is 5.75 Å². The summed E-state index contributed by atoms with van der Waals surface area (Å²) in [4.78, 5) is 18.2. The number of hydrogen-bond acceptors (Lipinski definition) is 6. The van der Waals surface area contributed by atoms with Gasteiger partial charge < -0.3 is 4.74 Å². The summed E-state index contributed by atoms with van der Waals surface area (Å²) in [5, 5.41) is 9.67. The van der Waals surface area contributed by atoms with E-state index in [-0.39, 0.29) is 11.4 Å². The van der Waals surface area contributed by atoms with E-state index in [0.717, 1.165) is 28.8 Å². The van der Waals surface area contributed by atoms with Crippen LogP contribution in [-0.4, -0.2) is 34.1 Å². The summed E-state index contributed by atoms with van der Waals surface area (Å²) in [7, 11) is 1.57. The molecule has 1 amide bonds. The number of carbonyl (C=O) groups excluding carboxylic acids is 1. The molecular formula is C20H16N4O2S2. The molecule has 0 saturated carbocycles. The summed E-state index contributed by atoms with van der Waals surface area (Å²) in [5.74, 6) is 0.981. The highest BCUT2D eigenvalue weighted by Crippen LogP contribution is 2.33. The molecule has 2 aliphatic heterocycles. The van der Waals surface area contributed by atoms with Crippen LogP contribution in [0, 0.1) is 5.41 Å². The molecule has 2 aromatic carbocycles. The van der Waals surface area contributed by atoms with Crippen LogP contribution in [0.4, 0.5) is 0 Å². The van der Waals surface area contributed by atoms with Crippen LogP contribution in [-0.2, 0) is 10.5 Å². The maximum atomic E-state index is 12.5. The minimum Gasteiger partial charge on any atom is -0.496 e. The molecule has 8 heteroatoms. The number of nitrogens with zero attached hydrogens (tertiary/aromatic N) is 3. The van der Waals surface area contributed by atoms with Gasteiger partial charge in [0.25, 0.3) is 5.91 Å². The molecule has 0 aliphatic carbocycles. The minimum atomic E-state index is -0.445. The molecule has 2 aliphatic rings. The molecule has 0 unspecified atom stereocenters. The maximum Gasteiger partial charge on any atom is 0.283 e. The molecule has 140 valence electrons. The average Bonchev–Trinajstić information content (AvgIpc) is 3.13. The summed E-state index contributed by atoms with van der Waals surface area (Å²) in [6.45, 7) is 0. The van der Waals surface area contributed by atoms with E-state index >= 15 is 0 Å². The second-order valence-electron chi connectivity index (χ2n) is 5.92. The molecule has 28 heavy (non-hydrogen) atoms. The Labute approximate surface area is 171 Å². The number of rotatable bonds is 4. The number of para-hydroxylation sites is 1. The third-order valence-corrected chi connectivity index (χ3v) is 5.97. The van der Waals surface area contributed by atoms with E-state index in [4.69, 9.17) is 10.1 Å². The van der Waals surface area contributed by atoms with Crippen molar-refractivity contribution < 1.29 is 9.53 Å². The number of amidine groups is 3. The smallest absolute Gasteiger partial charge is 0.283 e. The number of nitrogens with one attached hydrogen (secondary N) is 1. The van der Waals surface area contributed by atoms with Crippen molar-refractivity contribution in [2.45, 2.75) is 5.75 Å². The molecule has 4 rings (SSSR count). The Balaban J connectivity index is 1.60. The van der Waals surface area contributed by atoms with E-state index in [2.05, 4.69) is 9.39 Å². The normalized spacial score (nSPS) is 17.5. The van der Waals surface area contributed by atoms with Gasteiger partial charge >= 0.3 is 0 Å². The molecular weight excluding hydrogens is 392 g/mol. The average molecular weight is 409 g/mol. The Hall–Kier alpha value is -2.84. The number of benzene rings is 2. The molecule has 2 aromatic rings. The van der Waals surface area contributed by atoms with Crippen LogP contribution in [0.3, 0.4) is 0 Å². The van der Waals surface area contributed by atoms with Crippen molar-refractivity contribution >= 4 is 51.9 Å². The quantitative estimate of drug-likeness (QED) is 0.606. The molecule has 0 atom stereocenters. The Kier molecular flexibility index (Phi) is 5.31. The molecule has 2 heterocycles. The van der Waals surface area contributed by atoms with E-state index in [1.54, 1.807) is 18.1 Å². The number of carbonyl (C=O) groups is 1. The van der Waals surface area contributed by atoms with Gasteiger partial charge in [0.2, 0.25) is 5.17 Å². The number of methoxy groups -OCH3 is 1. The Morgan fingerprint density at radius 2 is 1.93 bits per heavy atom. The van der Waals surface area contributed by atoms with E-state index in [1.807, 2.05) is 54.6 Å². The summed E-state index contributed by atoms with van der Waals surface area (Å²) in [5.41, 5.74) is 2.10. The van der Waals surface area contributed by atoms with Crippen molar-refractivity contribution in [1.82, 2.24) is 4.90 Å². The lowest BCUT2D eigenvalue weighted by molar-refractivity contribution is -0.114. The lowest BCUT2D eigenvalue weighted by Crippen LogP contribution is -2.41. The van der Waals surface area contributed by atoms with Gasteiger partial charge in [-0.3, -0.25) is 10.2 Å². The first-order valence-electron chi connectivity index (χ1n) is 8.46. The van der Waals surface area contributed by atoms with Gasteiger partial charge in [0.15, 0.2) is 5.17 Å². The van der Waals surface area contributed by atoms with Gasteiger partial charge in [0, 0.05) is 11.3 Å². The topological polar surface area (TPSA) is 78.1 Å². The zero-order valence-corrected chi connectivity index (χ0v) is 16.6. The third kappa shape index (κ3) is 3.61. The van der Waals surface area contributed by atoms with Gasteiger partial charge in [-0.1, -0.05) is 60.3 Å². The number of ether oxygens (including phenoxy) is 1. The SMILES string of the molecule is COc1ccccc1C=C1C(=N)N2C(SCc3ccccc3)=NSC2=NC1=O. The van der Waals surface area contributed by atoms with Crippen LogP contribution < -0.4 is 4.74 Å². The molecule has 6 nitrogen and oxygen atoms in total. The standard InChI is InChI=1S/C20H16N4O2S2/c1-26-16-10-6-5-9-14(16)11-15-17(21)24-19(22-18(15)25)28-23-20(24)27-12-13-7-3-2-4-8-13/h2-11,21H,12H2,1H3. The molecule has 0 bridgehead atoms. The molecule has 0 saturated heterocycles. The van der Waals surface area contributed by atoms with Gasteiger partial charge in [0.1, 0.15) is 11.6 Å². The number of amides is 1. The van der Waals surface area contributed by atoms with Crippen molar-refractivity contribution in [2.24, 2.45) is 9.39 Å². The van der Waals surface area contributed by atoms with Crippen molar-refractivity contribution in [3.05, 3.63) is 71.3 Å².